The summed E-state index contributed by atoms with van der Waals surface area (Å²) in [6, 6.07) is 27.1. The zero-order chi connectivity index (χ0) is 19.1. The average Bonchev–Trinajstić information content (AvgIpc) is 2.73. The Labute approximate surface area is 161 Å². The fraction of sp³-hybridized carbons (Fsp3) is 0.115. The lowest BCUT2D eigenvalue weighted by atomic mass is 9.96. The van der Waals surface area contributed by atoms with Crippen LogP contribution in [-0.4, -0.2) is 0 Å². The Bertz CT molecular complexity index is 953. The third kappa shape index (κ3) is 4.84. The number of hydrogen-bond acceptors (Lipinski definition) is 1. The molecular weight excluding hydrogens is 326 g/mol. The van der Waals surface area contributed by atoms with Crippen LogP contribution in [0, 0.1) is 11.3 Å². The van der Waals surface area contributed by atoms with Crippen molar-refractivity contribution in [3.63, 3.8) is 0 Å². The highest BCUT2D eigenvalue weighted by Crippen LogP contribution is 2.23. The van der Waals surface area contributed by atoms with Gasteiger partial charge in [-0.2, -0.15) is 5.26 Å². The van der Waals surface area contributed by atoms with Crippen LogP contribution in [0.15, 0.2) is 92.0 Å². The quantitative estimate of drug-likeness (QED) is 0.441. The first-order valence-corrected chi connectivity index (χ1v) is 9.17. The number of nitriles is 1. The monoisotopic (exact) mass is 349 g/mol. The fourth-order valence-electron chi connectivity index (χ4n) is 3.08. The lowest BCUT2D eigenvalue weighted by Gasteiger charge is -2.09. The Kier molecular flexibility index (Phi) is 6.02. The molecule has 0 N–H and O–H groups in total. The van der Waals surface area contributed by atoms with E-state index in [1.54, 1.807) is 0 Å². The average molecular weight is 349 g/mol. The molecule has 0 spiro atoms. The molecule has 1 heteroatoms. The third-order valence-corrected chi connectivity index (χ3v) is 4.72. The Morgan fingerprint density at radius 1 is 0.815 bits per heavy atom. The number of nitrogens with zero attached hydrogens (tertiary/aromatic N) is 1. The maximum atomic E-state index is 8.90. The van der Waals surface area contributed by atoms with Crippen molar-refractivity contribution in [1.29, 1.82) is 5.26 Å². The van der Waals surface area contributed by atoms with Crippen LogP contribution >= 0.6 is 0 Å². The van der Waals surface area contributed by atoms with E-state index in [4.69, 9.17) is 5.26 Å². The maximum Gasteiger partial charge on any atom is 0.0991 e. The standard InChI is InChI=1S/C26H23N/c1-3-4-5-21-6-12-24(13-7-21)20(2)18-22-8-14-25(15-9-22)26-16-10-23(19-27)11-17-26/h3,6-17H,1-2,4-5,18H2. The summed E-state index contributed by atoms with van der Waals surface area (Å²) in [5.41, 5.74) is 7.84. The maximum absolute atomic E-state index is 8.90. The number of benzene rings is 3. The van der Waals surface area contributed by atoms with Gasteiger partial charge in [0.15, 0.2) is 0 Å². The minimum Gasteiger partial charge on any atom is -0.192 e. The van der Waals surface area contributed by atoms with E-state index in [0.29, 0.717) is 5.56 Å². The van der Waals surface area contributed by atoms with Crippen LogP contribution in [0.5, 0.6) is 0 Å². The summed E-state index contributed by atoms with van der Waals surface area (Å²) in [6.07, 6.45) is 4.83. The molecule has 0 heterocycles. The molecule has 27 heavy (non-hydrogen) atoms. The number of aryl methyl sites for hydroxylation is 1. The fourth-order valence-corrected chi connectivity index (χ4v) is 3.08. The number of hydrogen-bond donors (Lipinski definition) is 0. The number of rotatable bonds is 7. The molecule has 0 aliphatic carbocycles. The molecular formula is C26H23N. The van der Waals surface area contributed by atoms with Gasteiger partial charge in [0, 0.05) is 0 Å². The van der Waals surface area contributed by atoms with Crippen LogP contribution < -0.4 is 0 Å². The minimum atomic E-state index is 0.683. The molecule has 0 aliphatic heterocycles. The van der Waals surface area contributed by atoms with Gasteiger partial charge in [0.25, 0.3) is 0 Å². The normalized spacial score (nSPS) is 10.2. The van der Waals surface area contributed by atoms with Gasteiger partial charge in [0.2, 0.25) is 0 Å². The SMILES string of the molecule is C=CCCc1ccc(C(=C)Cc2ccc(-c3ccc(C#N)cc3)cc2)cc1. The van der Waals surface area contributed by atoms with Gasteiger partial charge >= 0.3 is 0 Å². The van der Waals surface area contributed by atoms with Crippen LogP contribution in [0.3, 0.4) is 0 Å². The largest absolute Gasteiger partial charge is 0.192 e. The lowest BCUT2D eigenvalue weighted by Crippen LogP contribution is -1.91. The van der Waals surface area contributed by atoms with Crippen molar-refractivity contribution in [1.82, 2.24) is 0 Å². The van der Waals surface area contributed by atoms with Gasteiger partial charge in [-0.3, -0.25) is 0 Å². The van der Waals surface area contributed by atoms with Gasteiger partial charge in [0.1, 0.15) is 0 Å². The van der Waals surface area contributed by atoms with Crippen molar-refractivity contribution in [2.24, 2.45) is 0 Å². The lowest BCUT2D eigenvalue weighted by molar-refractivity contribution is 1.00. The van der Waals surface area contributed by atoms with E-state index in [-0.39, 0.29) is 0 Å². The first kappa shape index (κ1) is 18.4. The molecule has 0 amide bonds. The highest BCUT2D eigenvalue weighted by Gasteiger charge is 2.03. The topological polar surface area (TPSA) is 23.8 Å². The molecule has 1 nitrogen and oxygen atoms in total. The van der Waals surface area contributed by atoms with E-state index in [1.165, 1.54) is 16.7 Å². The van der Waals surface area contributed by atoms with E-state index in [9.17, 15) is 0 Å². The zero-order valence-corrected chi connectivity index (χ0v) is 15.5. The van der Waals surface area contributed by atoms with E-state index >= 15 is 0 Å². The van der Waals surface area contributed by atoms with Gasteiger partial charge < -0.3 is 0 Å². The summed E-state index contributed by atoms with van der Waals surface area (Å²) >= 11 is 0. The van der Waals surface area contributed by atoms with Crippen molar-refractivity contribution >= 4 is 5.57 Å². The molecule has 0 aromatic heterocycles. The van der Waals surface area contributed by atoms with Gasteiger partial charge in [-0.15, -0.1) is 6.58 Å². The summed E-state index contributed by atoms with van der Waals surface area (Å²) in [7, 11) is 0. The van der Waals surface area contributed by atoms with E-state index < -0.39 is 0 Å². The van der Waals surface area contributed by atoms with Crippen LogP contribution in [-0.2, 0) is 12.8 Å². The summed E-state index contributed by atoms with van der Waals surface area (Å²) < 4.78 is 0. The summed E-state index contributed by atoms with van der Waals surface area (Å²) in [5.74, 6) is 0. The first-order valence-electron chi connectivity index (χ1n) is 9.17. The molecule has 132 valence electrons. The van der Waals surface area contributed by atoms with Gasteiger partial charge in [0.05, 0.1) is 11.6 Å². The van der Waals surface area contributed by atoms with E-state index in [1.807, 2.05) is 30.3 Å². The first-order chi connectivity index (χ1) is 13.2. The summed E-state index contributed by atoms with van der Waals surface area (Å²) in [4.78, 5) is 0. The third-order valence-electron chi connectivity index (χ3n) is 4.72. The minimum absolute atomic E-state index is 0.683. The van der Waals surface area contributed by atoms with E-state index in [0.717, 1.165) is 36.0 Å². The highest BCUT2D eigenvalue weighted by molar-refractivity contribution is 5.68. The molecule has 0 saturated heterocycles. The molecule has 0 radical (unpaired) electrons. The van der Waals surface area contributed by atoms with Crippen molar-refractivity contribution in [2.75, 3.05) is 0 Å². The van der Waals surface area contributed by atoms with Crippen LogP contribution in [0.2, 0.25) is 0 Å². The van der Waals surface area contributed by atoms with E-state index in [2.05, 4.69) is 67.8 Å². The van der Waals surface area contributed by atoms with Gasteiger partial charge in [-0.05, 0) is 64.8 Å². The number of allylic oxidation sites excluding steroid dienone is 2. The zero-order valence-electron chi connectivity index (χ0n) is 15.5. The Hall–Kier alpha value is -3.37. The van der Waals surface area contributed by atoms with Crippen molar-refractivity contribution in [3.8, 4) is 17.2 Å². The molecule has 0 atom stereocenters. The smallest absolute Gasteiger partial charge is 0.0991 e. The predicted molar refractivity (Wildman–Crippen MR) is 114 cm³/mol. The molecule has 0 aliphatic rings. The highest BCUT2D eigenvalue weighted by atomic mass is 14.2. The van der Waals surface area contributed by atoms with Gasteiger partial charge in [-0.1, -0.05) is 73.3 Å². The van der Waals surface area contributed by atoms with Gasteiger partial charge in [-0.25, -0.2) is 0 Å². The molecule has 0 unspecified atom stereocenters. The van der Waals surface area contributed by atoms with Crippen LogP contribution in [0.4, 0.5) is 0 Å². The Morgan fingerprint density at radius 2 is 1.37 bits per heavy atom. The van der Waals surface area contributed by atoms with Crippen molar-refractivity contribution in [3.05, 3.63) is 114 Å². The predicted octanol–water partition coefficient (Wildman–Crippen LogP) is 6.60. The molecule has 3 aromatic rings. The molecule has 0 fully saturated rings. The summed E-state index contributed by atoms with van der Waals surface area (Å²) in [5, 5.41) is 8.90. The van der Waals surface area contributed by atoms with Crippen molar-refractivity contribution < 1.29 is 0 Å². The molecule has 3 rings (SSSR count). The molecule has 0 bridgehead atoms. The van der Waals surface area contributed by atoms with Crippen molar-refractivity contribution in [2.45, 2.75) is 19.3 Å². The van der Waals surface area contributed by atoms with Crippen LogP contribution in [0.1, 0.15) is 28.7 Å². The molecule has 0 saturated carbocycles. The second-order valence-corrected chi connectivity index (χ2v) is 6.69. The second-order valence-electron chi connectivity index (χ2n) is 6.69. The Balaban J connectivity index is 1.65. The molecule has 3 aromatic carbocycles. The Morgan fingerprint density at radius 3 is 1.93 bits per heavy atom. The summed E-state index contributed by atoms with van der Waals surface area (Å²) in [6.45, 7) is 8.04. The second kappa shape index (κ2) is 8.83. The van der Waals surface area contributed by atoms with Crippen LogP contribution in [0.25, 0.3) is 16.7 Å².